The minimum absolute atomic E-state index is 0.141. The first kappa shape index (κ1) is 6.95. The van der Waals surface area contributed by atoms with Crippen LogP contribution in [0.15, 0.2) is 11.6 Å². The molecule has 0 rings (SSSR count). The van der Waals surface area contributed by atoms with Crippen molar-refractivity contribution in [1.82, 2.24) is 0 Å². The second-order valence-electron chi connectivity index (χ2n) is 1.20. The number of nitrogens with two attached hydrogens (primary N) is 1. The standard InChI is InChI=1S/C4H8ClNO/c1-3(5)4(7)2-6/h4,7H,1-2,6H2. The Kier molecular flexibility index (Phi) is 3.00. The molecule has 0 aromatic rings. The van der Waals surface area contributed by atoms with E-state index in [9.17, 15) is 0 Å². The van der Waals surface area contributed by atoms with E-state index in [4.69, 9.17) is 22.4 Å². The molecule has 7 heavy (non-hydrogen) atoms. The molecule has 0 radical (unpaired) electrons. The van der Waals surface area contributed by atoms with Gasteiger partial charge in [-0.15, -0.1) is 0 Å². The highest BCUT2D eigenvalue weighted by Crippen LogP contribution is 2.00. The molecule has 2 nitrogen and oxygen atoms in total. The summed E-state index contributed by atoms with van der Waals surface area (Å²) in [6, 6.07) is 0. The number of rotatable bonds is 2. The largest absolute Gasteiger partial charge is 0.386 e. The molecule has 0 spiro atoms. The van der Waals surface area contributed by atoms with E-state index in [0.29, 0.717) is 0 Å². The zero-order valence-corrected chi connectivity index (χ0v) is 4.65. The molecule has 0 saturated heterocycles. The predicted octanol–water partition coefficient (Wildman–Crippen LogP) is 0.0585. The van der Waals surface area contributed by atoms with Crippen LogP contribution in [0.3, 0.4) is 0 Å². The third-order valence-electron chi connectivity index (χ3n) is 0.585. The van der Waals surface area contributed by atoms with Crippen molar-refractivity contribution < 1.29 is 5.11 Å². The molecule has 1 atom stereocenters. The number of aliphatic hydroxyl groups excluding tert-OH is 1. The summed E-state index contributed by atoms with van der Waals surface area (Å²) >= 11 is 5.20. The Morgan fingerprint density at radius 2 is 2.43 bits per heavy atom. The normalized spacial score (nSPS) is 13.6. The molecule has 42 valence electrons. The Hall–Kier alpha value is -0.0500. The molecule has 0 aliphatic carbocycles. The second kappa shape index (κ2) is 3.02. The molecule has 3 N–H and O–H groups in total. The molecular formula is C4H8ClNO. The van der Waals surface area contributed by atoms with E-state index >= 15 is 0 Å². The Bertz CT molecular complexity index is 74.1. The van der Waals surface area contributed by atoms with Gasteiger partial charge in [0.25, 0.3) is 0 Å². The molecule has 3 heteroatoms. The summed E-state index contributed by atoms with van der Waals surface area (Å²) in [6.45, 7) is 3.40. The molecule has 0 aliphatic heterocycles. The lowest BCUT2D eigenvalue weighted by Gasteiger charge is -2.00. The zero-order valence-electron chi connectivity index (χ0n) is 3.89. The lowest BCUT2D eigenvalue weighted by Crippen LogP contribution is -2.18. The van der Waals surface area contributed by atoms with Gasteiger partial charge in [0.1, 0.15) is 6.10 Å². The Labute approximate surface area is 47.6 Å². The van der Waals surface area contributed by atoms with E-state index in [1.807, 2.05) is 0 Å². The maximum atomic E-state index is 8.58. The summed E-state index contributed by atoms with van der Waals surface area (Å²) in [4.78, 5) is 0. The topological polar surface area (TPSA) is 46.2 Å². The molecule has 0 aliphatic rings. The molecule has 0 amide bonds. The van der Waals surface area contributed by atoms with Crippen LogP contribution < -0.4 is 5.73 Å². The highest BCUT2D eigenvalue weighted by molar-refractivity contribution is 6.29. The van der Waals surface area contributed by atoms with Crippen LogP contribution in [-0.2, 0) is 0 Å². The summed E-state index contributed by atoms with van der Waals surface area (Å²) < 4.78 is 0. The number of hydrogen-bond acceptors (Lipinski definition) is 2. The van der Waals surface area contributed by atoms with Gasteiger partial charge >= 0.3 is 0 Å². The maximum Gasteiger partial charge on any atom is 0.101 e. The van der Waals surface area contributed by atoms with Gasteiger partial charge in [-0.1, -0.05) is 18.2 Å². The highest BCUT2D eigenvalue weighted by Gasteiger charge is 1.99. The van der Waals surface area contributed by atoms with Gasteiger partial charge in [0.15, 0.2) is 0 Å². The van der Waals surface area contributed by atoms with E-state index in [2.05, 4.69) is 6.58 Å². The first-order valence-corrected chi connectivity index (χ1v) is 2.28. The molecular weight excluding hydrogens is 114 g/mol. The maximum absolute atomic E-state index is 8.58. The Morgan fingerprint density at radius 1 is 2.00 bits per heavy atom. The number of halogens is 1. The Balaban J connectivity index is 3.34. The van der Waals surface area contributed by atoms with Crippen LogP contribution >= 0.6 is 11.6 Å². The van der Waals surface area contributed by atoms with Crippen LogP contribution in [0.5, 0.6) is 0 Å². The van der Waals surface area contributed by atoms with Gasteiger partial charge in [0.05, 0.1) is 0 Å². The van der Waals surface area contributed by atoms with Gasteiger partial charge in [-0.05, 0) is 0 Å². The fourth-order valence-corrected chi connectivity index (χ4v) is 0.217. The smallest absolute Gasteiger partial charge is 0.101 e. The lowest BCUT2D eigenvalue weighted by molar-refractivity contribution is 0.227. The SMILES string of the molecule is C=C(Cl)C(O)CN. The molecule has 0 heterocycles. The van der Waals surface area contributed by atoms with E-state index in [1.54, 1.807) is 0 Å². The number of aliphatic hydroxyl groups is 1. The van der Waals surface area contributed by atoms with Crippen molar-refractivity contribution in [3.8, 4) is 0 Å². The predicted molar refractivity (Wildman–Crippen MR) is 30.1 cm³/mol. The van der Waals surface area contributed by atoms with Gasteiger partial charge in [-0.2, -0.15) is 0 Å². The van der Waals surface area contributed by atoms with Crippen molar-refractivity contribution >= 4 is 11.6 Å². The van der Waals surface area contributed by atoms with Gasteiger partial charge in [-0.3, -0.25) is 0 Å². The zero-order chi connectivity index (χ0) is 5.86. The molecule has 1 unspecified atom stereocenters. The summed E-state index contributed by atoms with van der Waals surface area (Å²) in [6.07, 6.45) is -0.748. The summed E-state index contributed by atoms with van der Waals surface area (Å²) in [7, 11) is 0. The minimum Gasteiger partial charge on any atom is -0.386 e. The third kappa shape index (κ3) is 2.62. The van der Waals surface area contributed by atoms with E-state index < -0.39 is 6.10 Å². The van der Waals surface area contributed by atoms with Gasteiger partial charge in [0.2, 0.25) is 0 Å². The van der Waals surface area contributed by atoms with Crippen LogP contribution in [0, 0.1) is 0 Å². The average molecular weight is 122 g/mol. The van der Waals surface area contributed by atoms with Crippen LogP contribution in [0.25, 0.3) is 0 Å². The van der Waals surface area contributed by atoms with E-state index in [0.717, 1.165) is 0 Å². The Morgan fingerprint density at radius 3 is 2.43 bits per heavy atom. The minimum atomic E-state index is -0.748. The summed E-state index contributed by atoms with van der Waals surface area (Å²) in [5, 5.41) is 8.78. The molecule has 0 aromatic carbocycles. The van der Waals surface area contributed by atoms with Crippen LogP contribution in [0.2, 0.25) is 0 Å². The van der Waals surface area contributed by atoms with E-state index in [-0.39, 0.29) is 11.6 Å². The summed E-state index contributed by atoms with van der Waals surface area (Å²) in [5.74, 6) is 0. The van der Waals surface area contributed by atoms with Crippen molar-refractivity contribution in [3.05, 3.63) is 11.6 Å². The monoisotopic (exact) mass is 121 g/mol. The fourth-order valence-electron chi connectivity index (χ4n) is 0.128. The van der Waals surface area contributed by atoms with Crippen molar-refractivity contribution in [1.29, 1.82) is 0 Å². The van der Waals surface area contributed by atoms with Crippen molar-refractivity contribution in [2.75, 3.05) is 6.54 Å². The van der Waals surface area contributed by atoms with Crippen molar-refractivity contribution in [2.45, 2.75) is 6.10 Å². The fraction of sp³-hybridized carbons (Fsp3) is 0.500. The average Bonchev–Trinajstić information content (AvgIpc) is 1.65. The number of hydrogen-bond donors (Lipinski definition) is 2. The van der Waals surface area contributed by atoms with Crippen LogP contribution in [0.1, 0.15) is 0 Å². The molecule has 0 saturated carbocycles. The first-order chi connectivity index (χ1) is 3.18. The van der Waals surface area contributed by atoms with Crippen molar-refractivity contribution in [2.24, 2.45) is 5.73 Å². The molecule has 0 bridgehead atoms. The lowest BCUT2D eigenvalue weighted by atomic mass is 10.4. The van der Waals surface area contributed by atoms with Crippen molar-refractivity contribution in [3.63, 3.8) is 0 Å². The first-order valence-electron chi connectivity index (χ1n) is 1.91. The van der Waals surface area contributed by atoms with Gasteiger partial charge in [-0.25, -0.2) is 0 Å². The van der Waals surface area contributed by atoms with Crippen LogP contribution in [0.4, 0.5) is 0 Å². The van der Waals surface area contributed by atoms with Gasteiger partial charge < -0.3 is 10.8 Å². The van der Waals surface area contributed by atoms with E-state index in [1.165, 1.54) is 0 Å². The van der Waals surface area contributed by atoms with Crippen LogP contribution in [-0.4, -0.2) is 17.8 Å². The summed E-state index contributed by atoms with van der Waals surface area (Å²) in [5.41, 5.74) is 4.98. The quantitative estimate of drug-likeness (QED) is 0.543. The van der Waals surface area contributed by atoms with Gasteiger partial charge in [0, 0.05) is 11.6 Å². The molecule has 0 aromatic heterocycles. The molecule has 0 fully saturated rings. The highest BCUT2D eigenvalue weighted by atomic mass is 35.5. The third-order valence-corrected chi connectivity index (χ3v) is 0.837. The second-order valence-corrected chi connectivity index (χ2v) is 1.68.